The van der Waals surface area contributed by atoms with E-state index in [1.54, 1.807) is 55.6 Å². The highest BCUT2D eigenvalue weighted by Crippen LogP contribution is 2.15. The molecular formula is C20H24N2O4. The molecule has 2 N–H and O–H groups in total. The molecule has 6 nitrogen and oxygen atoms in total. The fraction of sp³-hybridized carbons (Fsp3) is 0.300. The summed E-state index contributed by atoms with van der Waals surface area (Å²) in [4.78, 5) is 24.2. The van der Waals surface area contributed by atoms with Crippen LogP contribution >= 0.6 is 0 Å². The normalized spacial score (nSPS) is 10.2. The average molecular weight is 356 g/mol. The maximum Gasteiger partial charge on any atom is 0.255 e. The Morgan fingerprint density at radius 1 is 0.885 bits per heavy atom. The van der Waals surface area contributed by atoms with Crippen molar-refractivity contribution in [3.8, 4) is 5.75 Å². The molecule has 2 amide bonds. The van der Waals surface area contributed by atoms with E-state index in [4.69, 9.17) is 9.47 Å². The van der Waals surface area contributed by atoms with Crippen LogP contribution in [-0.4, -0.2) is 38.7 Å². The van der Waals surface area contributed by atoms with Crippen LogP contribution < -0.4 is 15.4 Å². The summed E-state index contributed by atoms with van der Waals surface area (Å²) in [6.45, 7) is 3.61. The van der Waals surface area contributed by atoms with Gasteiger partial charge in [-0.3, -0.25) is 9.59 Å². The molecular weight excluding hydrogens is 332 g/mol. The van der Waals surface area contributed by atoms with E-state index in [0.717, 1.165) is 6.42 Å². The number of ether oxygens (including phenoxy) is 2. The monoisotopic (exact) mass is 356 g/mol. The SMILES string of the molecule is CCCNC(=O)c1ccc(NC(=O)c2ccc(OCCOC)cc2)cc1. The van der Waals surface area contributed by atoms with Gasteiger partial charge in [-0.05, 0) is 55.0 Å². The molecule has 0 aliphatic rings. The third-order valence-electron chi connectivity index (χ3n) is 3.61. The molecule has 0 atom stereocenters. The molecule has 0 aliphatic heterocycles. The van der Waals surface area contributed by atoms with Crippen LogP contribution in [0.2, 0.25) is 0 Å². The smallest absolute Gasteiger partial charge is 0.255 e. The first-order valence-electron chi connectivity index (χ1n) is 8.55. The van der Waals surface area contributed by atoms with E-state index in [1.165, 1.54) is 0 Å². The van der Waals surface area contributed by atoms with Crippen molar-refractivity contribution >= 4 is 17.5 Å². The van der Waals surface area contributed by atoms with Crippen molar-refractivity contribution in [2.75, 3.05) is 32.2 Å². The molecule has 0 saturated heterocycles. The molecule has 0 aromatic heterocycles. The first-order chi connectivity index (χ1) is 12.6. The van der Waals surface area contributed by atoms with Crippen molar-refractivity contribution in [3.63, 3.8) is 0 Å². The van der Waals surface area contributed by atoms with Gasteiger partial charge >= 0.3 is 0 Å². The first-order valence-corrected chi connectivity index (χ1v) is 8.55. The summed E-state index contributed by atoms with van der Waals surface area (Å²) >= 11 is 0. The third-order valence-corrected chi connectivity index (χ3v) is 3.61. The summed E-state index contributed by atoms with van der Waals surface area (Å²) in [5, 5.41) is 5.62. The lowest BCUT2D eigenvalue weighted by Gasteiger charge is -2.08. The summed E-state index contributed by atoms with van der Waals surface area (Å²) in [5.74, 6) is 0.339. The Hall–Kier alpha value is -2.86. The maximum atomic E-state index is 12.3. The number of anilines is 1. The van der Waals surface area contributed by atoms with Gasteiger partial charge < -0.3 is 20.1 Å². The summed E-state index contributed by atoms with van der Waals surface area (Å²) in [6, 6.07) is 13.7. The molecule has 0 fully saturated rings. The van der Waals surface area contributed by atoms with E-state index >= 15 is 0 Å². The minimum absolute atomic E-state index is 0.117. The lowest BCUT2D eigenvalue weighted by atomic mass is 10.1. The number of hydrogen-bond acceptors (Lipinski definition) is 4. The molecule has 0 radical (unpaired) electrons. The molecule has 2 aromatic carbocycles. The van der Waals surface area contributed by atoms with Crippen LogP contribution in [0.25, 0.3) is 0 Å². The quantitative estimate of drug-likeness (QED) is 0.677. The topological polar surface area (TPSA) is 76.7 Å². The number of benzene rings is 2. The lowest BCUT2D eigenvalue weighted by Crippen LogP contribution is -2.23. The van der Waals surface area contributed by atoms with Gasteiger partial charge in [0.1, 0.15) is 12.4 Å². The molecule has 2 aromatic rings. The van der Waals surface area contributed by atoms with E-state index < -0.39 is 0 Å². The summed E-state index contributed by atoms with van der Waals surface area (Å²) in [6.07, 6.45) is 0.885. The van der Waals surface area contributed by atoms with E-state index in [1.807, 2.05) is 6.92 Å². The standard InChI is InChI=1S/C20H24N2O4/c1-3-12-21-19(23)15-4-8-17(9-5-15)22-20(24)16-6-10-18(11-7-16)26-14-13-25-2/h4-11H,3,12-14H2,1-2H3,(H,21,23)(H,22,24). The molecule has 2 rings (SSSR count). The first kappa shape index (κ1) is 19.5. The van der Waals surface area contributed by atoms with E-state index in [-0.39, 0.29) is 11.8 Å². The summed E-state index contributed by atoms with van der Waals surface area (Å²) in [7, 11) is 1.61. The van der Waals surface area contributed by atoms with Gasteiger partial charge in [-0.2, -0.15) is 0 Å². The summed E-state index contributed by atoms with van der Waals surface area (Å²) < 4.78 is 10.4. The fourth-order valence-electron chi connectivity index (χ4n) is 2.19. The Bertz CT molecular complexity index is 712. The fourth-order valence-corrected chi connectivity index (χ4v) is 2.19. The molecule has 0 bridgehead atoms. The number of carbonyl (C=O) groups excluding carboxylic acids is 2. The lowest BCUT2D eigenvalue weighted by molar-refractivity contribution is 0.0953. The minimum atomic E-state index is -0.225. The van der Waals surface area contributed by atoms with Gasteiger partial charge in [0, 0.05) is 30.5 Å². The van der Waals surface area contributed by atoms with Crippen LogP contribution in [0.3, 0.4) is 0 Å². The van der Waals surface area contributed by atoms with Gasteiger partial charge in [0.05, 0.1) is 6.61 Å². The Morgan fingerprint density at radius 2 is 1.50 bits per heavy atom. The predicted molar refractivity (Wildman–Crippen MR) is 101 cm³/mol. The Morgan fingerprint density at radius 3 is 2.12 bits per heavy atom. The molecule has 0 aliphatic carbocycles. The Kier molecular flexibility index (Phi) is 7.64. The van der Waals surface area contributed by atoms with Crippen LogP contribution in [-0.2, 0) is 4.74 Å². The van der Waals surface area contributed by atoms with E-state index in [0.29, 0.717) is 42.3 Å². The molecule has 0 spiro atoms. The number of hydrogen-bond donors (Lipinski definition) is 2. The molecule has 0 saturated carbocycles. The molecule has 138 valence electrons. The largest absolute Gasteiger partial charge is 0.491 e. The van der Waals surface area contributed by atoms with Gasteiger partial charge in [-0.1, -0.05) is 6.92 Å². The number of nitrogens with one attached hydrogen (secondary N) is 2. The Balaban J connectivity index is 1.91. The number of carbonyl (C=O) groups is 2. The molecule has 26 heavy (non-hydrogen) atoms. The van der Waals surface area contributed by atoms with Crippen LogP contribution in [0.5, 0.6) is 5.75 Å². The highest BCUT2D eigenvalue weighted by molar-refractivity contribution is 6.04. The molecule has 0 heterocycles. The Labute approximate surface area is 153 Å². The number of amides is 2. The maximum absolute atomic E-state index is 12.3. The molecule has 6 heteroatoms. The zero-order valence-electron chi connectivity index (χ0n) is 15.1. The van der Waals surface area contributed by atoms with Crippen molar-refractivity contribution < 1.29 is 19.1 Å². The van der Waals surface area contributed by atoms with Crippen LogP contribution in [0.1, 0.15) is 34.1 Å². The van der Waals surface area contributed by atoms with Crippen LogP contribution in [0.15, 0.2) is 48.5 Å². The zero-order valence-corrected chi connectivity index (χ0v) is 15.1. The average Bonchev–Trinajstić information content (AvgIpc) is 2.67. The van der Waals surface area contributed by atoms with E-state index in [2.05, 4.69) is 10.6 Å². The highest BCUT2D eigenvalue weighted by Gasteiger charge is 2.08. The van der Waals surface area contributed by atoms with Crippen LogP contribution in [0, 0.1) is 0 Å². The highest BCUT2D eigenvalue weighted by atomic mass is 16.5. The van der Waals surface area contributed by atoms with Gasteiger partial charge in [0.25, 0.3) is 11.8 Å². The number of rotatable bonds is 9. The van der Waals surface area contributed by atoms with Gasteiger partial charge in [-0.25, -0.2) is 0 Å². The van der Waals surface area contributed by atoms with Crippen molar-refractivity contribution in [1.29, 1.82) is 0 Å². The second-order valence-electron chi connectivity index (χ2n) is 5.65. The second-order valence-corrected chi connectivity index (χ2v) is 5.65. The van der Waals surface area contributed by atoms with Crippen molar-refractivity contribution in [2.24, 2.45) is 0 Å². The second kappa shape index (κ2) is 10.2. The predicted octanol–water partition coefficient (Wildman–Crippen LogP) is 3.10. The third kappa shape index (κ3) is 5.89. The van der Waals surface area contributed by atoms with Crippen molar-refractivity contribution in [2.45, 2.75) is 13.3 Å². The van der Waals surface area contributed by atoms with Gasteiger partial charge in [0.15, 0.2) is 0 Å². The zero-order chi connectivity index (χ0) is 18.8. The van der Waals surface area contributed by atoms with Gasteiger partial charge in [0.2, 0.25) is 0 Å². The van der Waals surface area contributed by atoms with Crippen molar-refractivity contribution in [3.05, 3.63) is 59.7 Å². The van der Waals surface area contributed by atoms with Crippen LogP contribution in [0.4, 0.5) is 5.69 Å². The minimum Gasteiger partial charge on any atom is -0.491 e. The molecule has 0 unspecified atom stereocenters. The van der Waals surface area contributed by atoms with Crippen molar-refractivity contribution in [1.82, 2.24) is 5.32 Å². The number of methoxy groups -OCH3 is 1. The van der Waals surface area contributed by atoms with E-state index in [9.17, 15) is 9.59 Å². The summed E-state index contributed by atoms with van der Waals surface area (Å²) in [5.41, 5.74) is 1.71. The van der Waals surface area contributed by atoms with Gasteiger partial charge in [-0.15, -0.1) is 0 Å².